The minimum atomic E-state index is 0.0495. The van der Waals surface area contributed by atoms with E-state index in [0.717, 1.165) is 15.0 Å². The summed E-state index contributed by atoms with van der Waals surface area (Å²) in [4.78, 5) is 16.2. The van der Waals surface area contributed by atoms with Crippen LogP contribution < -0.4 is 5.32 Å². The van der Waals surface area contributed by atoms with Crippen molar-refractivity contribution in [3.8, 4) is 0 Å². The van der Waals surface area contributed by atoms with Crippen molar-refractivity contribution in [2.45, 2.75) is 37.3 Å². The molecule has 1 aliphatic carbocycles. The summed E-state index contributed by atoms with van der Waals surface area (Å²) >= 11 is 13.7. The van der Waals surface area contributed by atoms with Gasteiger partial charge < -0.3 is 5.32 Å². The Labute approximate surface area is 154 Å². The molecule has 1 N–H and O–H groups in total. The van der Waals surface area contributed by atoms with E-state index in [1.54, 1.807) is 0 Å². The van der Waals surface area contributed by atoms with E-state index < -0.39 is 0 Å². The first-order valence-electron chi connectivity index (χ1n) is 8.51. The number of hydrogen-bond acceptors (Lipinski definition) is 3. The molecule has 1 spiro atoms. The first-order chi connectivity index (χ1) is 11.6. The molecule has 1 aromatic carbocycles. The summed E-state index contributed by atoms with van der Waals surface area (Å²) in [7, 11) is 0. The van der Waals surface area contributed by atoms with Gasteiger partial charge in [0.1, 0.15) is 0 Å². The second kappa shape index (κ2) is 5.34. The molecule has 3 saturated heterocycles. The van der Waals surface area contributed by atoms with Crippen molar-refractivity contribution in [1.29, 1.82) is 0 Å². The normalized spacial score (nSPS) is 30.0. The molecule has 1 saturated carbocycles. The third-order valence-electron chi connectivity index (χ3n) is 6.05. The Kier molecular flexibility index (Phi) is 3.44. The van der Waals surface area contributed by atoms with Crippen LogP contribution in [0.4, 0.5) is 0 Å². The summed E-state index contributed by atoms with van der Waals surface area (Å²) in [5.41, 5.74) is 0.264. The highest BCUT2D eigenvalue weighted by Crippen LogP contribution is 2.53. The molecule has 6 rings (SSSR count). The maximum Gasteiger partial charge on any atom is 0.261 e. The van der Waals surface area contributed by atoms with E-state index in [4.69, 9.17) is 23.2 Å². The number of amides is 1. The van der Waals surface area contributed by atoms with Crippen LogP contribution in [0, 0.1) is 5.92 Å². The molecule has 3 nitrogen and oxygen atoms in total. The molecule has 1 amide bonds. The standard InChI is InChI=1S/C18H18Cl2N2OS/c19-12-7-11-8-15(24-14(11)9-13(12)20)17(23)21-16-10-1-5-22(6-2-10)18(16)3-4-18/h7-10,16H,1-6H2,(H,21,23). The zero-order valence-electron chi connectivity index (χ0n) is 13.1. The van der Waals surface area contributed by atoms with Crippen molar-refractivity contribution in [3.63, 3.8) is 0 Å². The molecule has 4 fully saturated rings. The van der Waals surface area contributed by atoms with Crippen molar-refractivity contribution < 1.29 is 4.79 Å². The van der Waals surface area contributed by atoms with Crippen LogP contribution in [0.25, 0.3) is 10.1 Å². The Balaban J connectivity index is 1.43. The molecule has 1 aromatic heterocycles. The number of halogens is 2. The molecule has 126 valence electrons. The van der Waals surface area contributed by atoms with E-state index in [1.807, 2.05) is 18.2 Å². The number of rotatable bonds is 2. The van der Waals surface area contributed by atoms with Crippen LogP contribution in [-0.4, -0.2) is 35.5 Å². The lowest BCUT2D eigenvalue weighted by atomic mass is 9.77. The topological polar surface area (TPSA) is 32.3 Å². The maximum absolute atomic E-state index is 12.9. The predicted octanol–water partition coefficient (Wildman–Crippen LogP) is 4.56. The van der Waals surface area contributed by atoms with E-state index in [9.17, 15) is 4.79 Å². The van der Waals surface area contributed by atoms with E-state index in [0.29, 0.717) is 22.0 Å². The van der Waals surface area contributed by atoms with Gasteiger partial charge in [0.25, 0.3) is 5.91 Å². The molecule has 0 radical (unpaired) electrons. The zero-order chi connectivity index (χ0) is 16.5. The SMILES string of the molecule is O=C(NC1C2CCN(CC2)C12CC2)c1cc2cc(Cl)c(Cl)cc2s1. The van der Waals surface area contributed by atoms with Gasteiger partial charge in [-0.25, -0.2) is 0 Å². The summed E-state index contributed by atoms with van der Waals surface area (Å²) in [5.74, 6) is 0.688. The smallest absolute Gasteiger partial charge is 0.261 e. The largest absolute Gasteiger partial charge is 0.346 e. The summed E-state index contributed by atoms with van der Waals surface area (Å²) in [6.45, 7) is 2.41. The Morgan fingerprint density at radius 2 is 1.88 bits per heavy atom. The third kappa shape index (κ3) is 2.23. The fourth-order valence-electron chi connectivity index (χ4n) is 4.68. The summed E-state index contributed by atoms with van der Waals surface area (Å²) < 4.78 is 1.00. The van der Waals surface area contributed by atoms with Gasteiger partial charge in [-0.3, -0.25) is 9.69 Å². The lowest BCUT2D eigenvalue weighted by Gasteiger charge is -2.52. The van der Waals surface area contributed by atoms with E-state index >= 15 is 0 Å². The number of hydrogen-bond donors (Lipinski definition) is 1. The highest BCUT2D eigenvalue weighted by Gasteiger charge is 2.60. The number of nitrogens with one attached hydrogen (secondary N) is 1. The lowest BCUT2D eigenvalue weighted by molar-refractivity contribution is -0.00138. The van der Waals surface area contributed by atoms with Crippen LogP contribution in [0.3, 0.4) is 0 Å². The van der Waals surface area contributed by atoms with Gasteiger partial charge in [0, 0.05) is 10.2 Å². The summed E-state index contributed by atoms with van der Waals surface area (Å²) in [5, 5.41) is 5.42. The van der Waals surface area contributed by atoms with E-state index in [-0.39, 0.29) is 11.4 Å². The number of carbonyl (C=O) groups is 1. The lowest BCUT2D eigenvalue weighted by Crippen LogP contribution is -2.65. The molecule has 1 atom stereocenters. The number of carbonyl (C=O) groups excluding carboxylic acids is 1. The van der Waals surface area contributed by atoms with E-state index in [2.05, 4.69) is 10.2 Å². The van der Waals surface area contributed by atoms with Crippen LogP contribution in [-0.2, 0) is 0 Å². The van der Waals surface area contributed by atoms with Crippen LogP contribution in [0.2, 0.25) is 10.0 Å². The van der Waals surface area contributed by atoms with Gasteiger partial charge in [-0.15, -0.1) is 11.3 Å². The van der Waals surface area contributed by atoms with E-state index in [1.165, 1.54) is 50.1 Å². The Morgan fingerprint density at radius 3 is 2.58 bits per heavy atom. The number of benzene rings is 1. The fraction of sp³-hybridized carbons (Fsp3) is 0.500. The average molecular weight is 381 g/mol. The maximum atomic E-state index is 12.9. The van der Waals surface area contributed by atoms with Gasteiger partial charge in [-0.2, -0.15) is 0 Å². The van der Waals surface area contributed by atoms with Crippen LogP contribution in [0.1, 0.15) is 35.4 Å². The highest BCUT2D eigenvalue weighted by atomic mass is 35.5. The van der Waals surface area contributed by atoms with Crippen molar-refractivity contribution in [1.82, 2.24) is 10.2 Å². The second-order valence-electron chi connectivity index (χ2n) is 7.29. The van der Waals surface area contributed by atoms with Crippen molar-refractivity contribution in [2.24, 2.45) is 5.92 Å². The summed E-state index contributed by atoms with van der Waals surface area (Å²) in [6.07, 6.45) is 4.88. The number of nitrogens with zero attached hydrogens (tertiary/aromatic N) is 1. The van der Waals surface area contributed by atoms with Crippen LogP contribution in [0.5, 0.6) is 0 Å². The molecular formula is C18H18Cl2N2OS. The molecule has 3 aliphatic heterocycles. The van der Waals surface area contributed by atoms with Gasteiger partial charge in [0.05, 0.1) is 21.0 Å². The molecule has 4 heterocycles. The molecule has 1 unspecified atom stereocenters. The quantitative estimate of drug-likeness (QED) is 0.827. The number of piperidine rings is 3. The summed E-state index contributed by atoms with van der Waals surface area (Å²) in [6, 6.07) is 5.92. The van der Waals surface area contributed by atoms with Crippen LogP contribution in [0.15, 0.2) is 18.2 Å². The fourth-order valence-corrected chi connectivity index (χ4v) is 6.07. The molecule has 2 aromatic rings. The second-order valence-corrected chi connectivity index (χ2v) is 9.19. The first kappa shape index (κ1) is 15.4. The van der Waals surface area contributed by atoms with Crippen molar-refractivity contribution in [3.05, 3.63) is 33.1 Å². The predicted molar refractivity (Wildman–Crippen MR) is 99.4 cm³/mol. The molecule has 2 bridgehead atoms. The van der Waals surface area contributed by atoms with Crippen LogP contribution >= 0.6 is 34.5 Å². The van der Waals surface area contributed by atoms with Gasteiger partial charge in [-0.05, 0) is 68.3 Å². The average Bonchev–Trinajstić information content (AvgIpc) is 3.25. The monoisotopic (exact) mass is 380 g/mol. The van der Waals surface area contributed by atoms with Gasteiger partial charge >= 0.3 is 0 Å². The highest BCUT2D eigenvalue weighted by molar-refractivity contribution is 7.20. The first-order valence-corrected chi connectivity index (χ1v) is 10.1. The Hall–Kier alpha value is -0.810. The zero-order valence-corrected chi connectivity index (χ0v) is 15.5. The molecular weight excluding hydrogens is 363 g/mol. The molecule has 6 heteroatoms. The minimum Gasteiger partial charge on any atom is -0.346 e. The minimum absolute atomic E-state index is 0.0495. The number of thiophene rings is 1. The van der Waals surface area contributed by atoms with Crippen molar-refractivity contribution >= 4 is 50.5 Å². The van der Waals surface area contributed by atoms with Gasteiger partial charge in [-0.1, -0.05) is 23.2 Å². The Morgan fingerprint density at radius 1 is 1.17 bits per heavy atom. The molecule has 24 heavy (non-hydrogen) atoms. The van der Waals surface area contributed by atoms with Gasteiger partial charge in [0.15, 0.2) is 0 Å². The Bertz CT molecular complexity index is 798. The number of fused-ring (bicyclic) bond motifs is 3. The third-order valence-corrected chi connectivity index (χ3v) is 7.87. The van der Waals surface area contributed by atoms with Gasteiger partial charge in [0.2, 0.25) is 0 Å². The van der Waals surface area contributed by atoms with Crippen molar-refractivity contribution in [2.75, 3.05) is 13.1 Å². The molecule has 4 aliphatic rings.